The first-order chi connectivity index (χ1) is 12.7. The highest BCUT2D eigenvalue weighted by atomic mass is 16.5. The number of nitrogens with one attached hydrogen (secondary N) is 1. The van der Waals surface area contributed by atoms with Gasteiger partial charge in [-0.1, -0.05) is 32.9 Å². The Morgan fingerprint density at radius 2 is 1.74 bits per heavy atom. The first kappa shape index (κ1) is 19.1. The molecule has 5 heteroatoms. The summed E-state index contributed by atoms with van der Waals surface area (Å²) in [4.78, 5) is 6.42. The van der Waals surface area contributed by atoms with E-state index in [2.05, 4.69) is 56.6 Å². The van der Waals surface area contributed by atoms with Crippen molar-refractivity contribution in [3.05, 3.63) is 58.2 Å². The normalized spacial score (nSPS) is 14.1. The quantitative estimate of drug-likeness (QED) is 0.777. The molecule has 1 aliphatic heterocycles. The van der Waals surface area contributed by atoms with Crippen molar-refractivity contribution in [2.75, 3.05) is 11.4 Å². The van der Waals surface area contributed by atoms with Gasteiger partial charge in [0, 0.05) is 18.0 Å². The van der Waals surface area contributed by atoms with Gasteiger partial charge in [-0.05, 0) is 42.9 Å². The molecule has 0 aliphatic carbocycles. The molecule has 0 bridgehead atoms. The van der Waals surface area contributed by atoms with Crippen LogP contribution in [0.3, 0.4) is 0 Å². The van der Waals surface area contributed by atoms with Crippen molar-refractivity contribution in [2.45, 2.75) is 47.0 Å². The first-order valence-corrected chi connectivity index (χ1v) is 9.17. The van der Waals surface area contributed by atoms with Gasteiger partial charge in [0.25, 0.3) is 0 Å². The summed E-state index contributed by atoms with van der Waals surface area (Å²) in [5, 5.41) is 8.01. The van der Waals surface area contributed by atoms with E-state index < -0.39 is 0 Å². The number of fused-ring (bicyclic) bond motifs is 1. The molecule has 27 heavy (non-hydrogen) atoms. The van der Waals surface area contributed by atoms with Gasteiger partial charge in [0.15, 0.2) is 5.75 Å². The highest BCUT2D eigenvalue weighted by Gasteiger charge is 2.30. The van der Waals surface area contributed by atoms with E-state index in [-0.39, 0.29) is 12.0 Å². The van der Waals surface area contributed by atoms with E-state index in [1.54, 1.807) is 12.4 Å². The fourth-order valence-electron chi connectivity index (χ4n) is 3.53. The molecule has 5 nitrogen and oxygen atoms in total. The second-order valence-corrected chi connectivity index (χ2v) is 8.11. The van der Waals surface area contributed by atoms with Crippen LogP contribution in [-0.2, 0) is 5.41 Å². The zero-order valence-electron chi connectivity index (χ0n) is 17.0. The zero-order valence-corrected chi connectivity index (χ0v) is 17.0. The van der Waals surface area contributed by atoms with Crippen LogP contribution in [-0.4, -0.2) is 17.7 Å². The number of hydrogen-bond donors (Lipinski definition) is 2. The highest BCUT2D eigenvalue weighted by molar-refractivity contribution is 5.92. The third kappa shape index (κ3) is 3.23. The third-order valence-electron chi connectivity index (χ3n) is 4.95. The summed E-state index contributed by atoms with van der Waals surface area (Å²) in [5.74, 6) is 1.33. The molecule has 1 aromatic heterocycles. The molecule has 1 aliphatic rings. The second kappa shape index (κ2) is 6.82. The van der Waals surface area contributed by atoms with Gasteiger partial charge in [-0.25, -0.2) is 0 Å². The van der Waals surface area contributed by atoms with Gasteiger partial charge in [-0.3, -0.25) is 4.98 Å². The lowest BCUT2D eigenvalue weighted by Crippen LogP contribution is -2.30. The Morgan fingerprint density at radius 1 is 1.11 bits per heavy atom. The summed E-state index contributed by atoms with van der Waals surface area (Å²) >= 11 is 0. The van der Waals surface area contributed by atoms with E-state index in [9.17, 15) is 0 Å². The molecule has 0 saturated heterocycles. The van der Waals surface area contributed by atoms with Crippen molar-refractivity contribution in [1.29, 1.82) is 5.41 Å². The molecule has 0 saturated carbocycles. The fourth-order valence-corrected chi connectivity index (χ4v) is 3.53. The number of benzene rings is 1. The largest absolute Gasteiger partial charge is 0.456 e. The summed E-state index contributed by atoms with van der Waals surface area (Å²) in [6, 6.07) is 4.45. The molecule has 2 heterocycles. The molecule has 0 unspecified atom stereocenters. The molecule has 0 fully saturated rings. The van der Waals surface area contributed by atoms with E-state index in [1.807, 2.05) is 6.92 Å². The molecule has 2 aromatic rings. The highest BCUT2D eigenvalue weighted by Crippen LogP contribution is 2.45. The summed E-state index contributed by atoms with van der Waals surface area (Å²) in [5.41, 5.74) is 13.1. The Kier molecular flexibility index (Phi) is 4.82. The molecule has 0 radical (unpaired) electrons. The summed E-state index contributed by atoms with van der Waals surface area (Å²) in [7, 11) is 0. The Labute approximate surface area is 161 Å². The number of aromatic nitrogens is 1. The first-order valence-electron chi connectivity index (χ1n) is 9.17. The molecular formula is C22H28N4O. The maximum Gasteiger partial charge on any atom is 0.157 e. The van der Waals surface area contributed by atoms with Crippen molar-refractivity contribution in [3.8, 4) is 5.75 Å². The second-order valence-electron chi connectivity index (χ2n) is 8.11. The van der Waals surface area contributed by atoms with Crippen LogP contribution >= 0.6 is 0 Å². The van der Waals surface area contributed by atoms with Gasteiger partial charge >= 0.3 is 0 Å². The van der Waals surface area contributed by atoms with Crippen LogP contribution in [0.4, 0.5) is 11.4 Å². The lowest BCUT2D eigenvalue weighted by molar-refractivity contribution is 0.402. The number of ether oxygens (including phenoxy) is 1. The summed E-state index contributed by atoms with van der Waals surface area (Å²) < 4.78 is 6.05. The molecule has 0 spiro atoms. The van der Waals surface area contributed by atoms with Crippen LogP contribution < -0.4 is 15.4 Å². The van der Waals surface area contributed by atoms with Crippen molar-refractivity contribution in [3.63, 3.8) is 0 Å². The number of nitrogens with zero attached hydrogens (tertiary/aromatic N) is 2. The summed E-state index contributed by atoms with van der Waals surface area (Å²) in [6.07, 6.45) is 4.88. The fraction of sp³-hybridized carbons (Fsp3) is 0.364. The molecule has 1 aromatic carbocycles. The maximum atomic E-state index is 8.01. The minimum absolute atomic E-state index is 0.0672. The smallest absolute Gasteiger partial charge is 0.157 e. The maximum absolute atomic E-state index is 8.01. The van der Waals surface area contributed by atoms with Gasteiger partial charge in [-0.15, -0.1) is 0 Å². The molecule has 0 atom stereocenters. The Balaban J connectivity index is 2.31. The van der Waals surface area contributed by atoms with Gasteiger partial charge in [0.2, 0.25) is 0 Å². The number of anilines is 2. The molecular weight excluding hydrogens is 336 g/mol. The van der Waals surface area contributed by atoms with Crippen molar-refractivity contribution >= 4 is 17.6 Å². The van der Waals surface area contributed by atoms with Crippen molar-refractivity contribution in [1.82, 2.24) is 4.98 Å². The predicted octanol–water partition coefficient (Wildman–Crippen LogP) is 4.65. The third-order valence-corrected chi connectivity index (χ3v) is 4.95. The van der Waals surface area contributed by atoms with Gasteiger partial charge in [0.05, 0.1) is 18.4 Å². The number of hydrogen-bond acceptors (Lipinski definition) is 5. The number of allylic oxidation sites excluding steroid dienone is 1. The van der Waals surface area contributed by atoms with E-state index in [1.165, 1.54) is 11.8 Å². The van der Waals surface area contributed by atoms with E-state index in [0.29, 0.717) is 11.5 Å². The molecule has 3 rings (SSSR count). The minimum atomic E-state index is 0.0672. The molecule has 3 N–H and O–H groups in total. The van der Waals surface area contributed by atoms with E-state index >= 15 is 0 Å². The Morgan fingerprint density at radius 3 is 2.26 bits per heavy atom. The molecule has 142 valence electrons. The number of aryl methyl sites for hydroxylation is 3. The van der Waals surface area contributed by atoms with Crippen LogP contribution in [0.2, 0.25) is 0 Å². The topological polar surface area (TPSA) is 75.2 Å². The van der Waals surface area contributed by atoms with Gasteiger partial charge in [-0.2, -0.15) is 0 Å². The number of pyridine rings is 1. The lowest BCUT2D eigenvalue weighted by atomic mass is 9.84. The predicted molar refractivity (Wildman–Crippen MR) is 111 cm³/mol. The van der Waals surface area contributed by atoms with Crippen LogP contribution in [0.5, 0.6) is 5.75 Å². The van der Waals surface area contributed by atoms with Crippen molar-refractivity contribution in [2.24, 2.45) is 5.73 Å². The van der Waals surface area contributed by atoms with Gasteiger partial charge in [0.1, 0.15) is 17.1 Å². The summed E-state index contributed by atoms with van der Waals surface area (Å²) in [6.45, 7) is 13.1. The van der Waals surface area contributed by atoms with Crippen molar-refractivity contribution < 1.29 is 4.74 Å². The van der Waals surface area contributed by atoms with Crippen LogP contribution in [0.25, 0.3) is 0 Å². The van der Waals surface area contributed by atoms with E-state index in [4.69, 9.17) is 15.9 Å². The SMILES string of the molecule is Cc1cncc2c1OC(CN)=C(C=N)N2c1c(C)cc(C(C)(C)C)cc1C. The monoisotopic (exact) mass is 364 g/mol. The zero-order chi connectivity index (χ0) is 19.9. The Hall–Kier alpha value is -2.66. The standard InChI is InChI=1S/C22H28N4O/c1-13-7-16(22(4,5)6)8-14(2)20(13)26-17(9-23)19(10-24)27-21-15(3)11-25-12-18(21)26/h7-9,11-12,23H,10,24H2,1-6H3. The average molecular weight is 364 g/mol. The van der Waals surface area contributed by atoms with Crippen LogP contribution in [0.15, 0.2) is 36.0 Å². The Bertz CT molecular complexity index is 915. The van der Waals surface area contributed by atoms with E-state index in [0.717, 1.165) is 33.8 Å². The van der Waals surface area contributed by atoms with Crippen LogP contribution in [0, 0.1) is 26.2 Å². The number of nitrogens with two attached hydrogens (primary N) is 1. The molecule has 0 amide bonds. The number of rotatable bonds is 3. The minimum Gasteiger partial charge on any atom is -0.456 e. The lowest BCUT2D eigenvalue weighted by Gasteiger charge is -2.36. The average Bonchev–Trinajstić information content (AvgIpc) is 2.60. The van der Waals surface area contributed by atoms with Crippen LogP contribution in [0.1, 0.15) is 43.0 Å². The van der Waals surface area contributed by atoms with Gasteiger partial charge < -0.3 is 20.8 Å².